The number of rotatable bonds is 9. The molecule has 5 heteroatoms. The van der Waals surface area contributed by atoms with Gasteiger partial charge in [0.05, 0.1) is 13.7 Å². The summed E-state index contributed by atoms with van der Waals surface area (Å²) >= 11 is 0. The molecule has 0 heterocycles. The number of hydrogen-bond donors (Lipinski definition) is 2. The molecule has 1 unspecified atom stereocenters. The number of aryl methyl sites for hydroxylation is 1. The van der Waals surface area contributed by atoms with Crippen LogP contribution >= 0.6 is 0 Å². The fraction of sp³-hybridized carbons (Fsp3) is 0.529. The molecule has 0 aliphatic heterocycles. The Morgan fingerprint density at radius 2 is 2.00 bits per heavy atom. The second kappa shape index (κ2) is 9.20. The molecule has 122 valence electrons. The van der Waals surface area contributed by atoms with Crippen LogP contribution < -0.4 is 10.1 Å². The SMILES string of the molecule is CCCC(=O)C(CO)NC(=O)c1ccc(OC)c(CCC)c1. The minimum Gasteiger partial charge on any atom is -0.496 e. The minimum absolute atomic E-state index is 0.152. The fourth-order valence-electron chi connectivity index (χ4n) is 2.27. The summed E-state index contributed by atoms with van der Waals surface area (Å²) < 4.78 is 5.28. The average Bonchev–Trinajstić information content (AvgIpc) is 2.52. The topological polar surface area (TPSA) is 75.6 Å². The Hall–Kier alpha value is -1.88. The minimum atomic E-state index is -0.843. The van der Waals surface area contributed by atoms with Crippen LogP contribution in [-0.2, 0) is 11.2 Å². The van der Waals surface area contributed by atoms with Gasteiger partial charge in [0.25, 0.3) is 5.91 Å². The van der Waals surface area contributed by atoms with E-state index in [2.05, 4.69) is 12.2 Å². The number of ether oxygens (including phenoxy) is 1. The van der Waals surface area contributed by atoms with E-state index in [1.54, 1.807) is 25.3 Å². The second-order valence-corrected chi connectivity index (χ2v) is 5.20. The highest BCUT2D eigenvalue weighted by Crippen LogP contribution is 2.21. The first kappa shape index (κ1) is 18.2. The van der Waals surface area contributed by atoms with Crippen molar-refractivity contribution < 1.29 is 19.4 Å². The normalized spacial score (nSPS) is 11.8. The molecule has 0 spiro atoms. The van der Waals surface area contributed by atoms with Crippen molar-refractivity contribution in [3.05, 3.63) is 29.3 Å². The third kappa shape index (κ3) is 4.84. The zero-order valence-electron chi connectivity index (χ0n) is 13.5. The van der Waals surface area contributed by atoms with Gasteiger partial charge in [0.15, 0.2) is 5.78 Å². The highest BCUT2D eigenvalue weighted by Gasteiger charge is 2.20. The second-order valence-electron chi connectivity index (χ2n) is 5.20. The third-order valence-electron chi connectivity index (χ3n) is 3.43. The van der Waals surface area contributed by atoms with Gasteiger partial charge in [-0.25, -0.2) is 0 Å². The van der Waals surface area contributed by atoms with Crippen molar-refractivity contribution in [3.8, 4) is 5.75 Å². The highest BCUT2D eigenvalue weighted by atomic mass is 16.5. The zero-order valence-corrected chi connectivity index (χ0v) is 13.5. The van der Waals surface area contributed by atoms with Crippen molar-refractivity contribution in [2.45, 2.75) is 45.6 Å². The van der Waals surface area contributed by atoms with Gasteiger partial charge in [0.1, 0.15) is 11.8 Å². The molecule has 0 aromatic heterocycles. The van der Waals surface area contributed by atoms with Gasteiger partial charge in [0.2, 0.25) is 0 Å². The first-order valence-corrected chi connectivity index (χ1v) is 7.68. The van der Waals surface area contributed by atoms with Gasteiger partial charge in [-0.2, -0.15) is 0 Å². The molecule has 2 N–H and O–H groups in total. The number of nitrogens with one attached hydrogen (secondary N) is 1. The molecule has 0 radical (unpaired) electrons. The Kier molecular flexibility index (Phi) is 7.60. The quantitative estimate of drug-likeness (QED) is 0.732. The number of hydrogen-bond acceptors (Lipinski definition) is 4. The molecule has 1 rings (SSSR count). The fourth-order valence-corrected chi connectivity index (χ4v) is 2.27. The van der Waals surface area contributed by atoms with Crippen molar-refractivity contribution in [3.63, 3.8) is 0 Å². The predicted octanol–water partition coefficient (Wildman–Crippen LogP) is 2.11. The number of aliphatic hydroxyl groups is 1. The van der Waals surface area contributed by atoms with Crippen molar-refractivity contribution in [1.29, 1.82) is 0 Å². The summed E-state index contributed by atoms with van der Waals surface area (Å²) in [7, 11) is 1.60. The van der Waals surface area contributed by atoms with Gasteiger partial charge in [0, 0.05) is 12.0 Å². The largest absolute Gasteiger partial charge is 0.496 e. The van der Waals surface area contributed by atoms with E-state index >= 15 is 0 Å². The lowest BCUT2D eigenvalue weighted by Crippen LogP contribution is -2.43. The van der Waals surface area contributed by atoms with E-state index in [0.29, 0.717) is 18.4 Å². The number of carbonyl (C=O) groups is 2. The van der Waals surface area contributed by atoms with E-state index < -0.39 is 6.04 Å². The Morgan fingerprint density at radius 1 is 1.27 bits per heavy atom. The standard InChI is InChI=1S/C17H25NO4/c1-4-6-12-10-13(8-9-16(12)22-3)17(21)18-14(11-19)15(20)7-5-2/h8-10,14,19H,4-7,11H2,1-3H3,(H,18,21). The molecular weight excluding hydrogens is 282 g/mol. The van der Waals surface area contributed by atoms with E-state index in [1.165, 1.54) is 0 Å². The number of Topliss-reactive ketones (excluding diaryl/α,β-unsaturated/α-hetero) is 1. The number of carbonyl (C=O) groups excluding carboxylic acids is 2. The number of benzene rings is 1. The number of methoxy groups -OCH3 is 1. The molecule has 1 aromatic carbocycles. The Balaban J connectivity index is 2.88. The van der Waals surface area contributed by atoms with Crippen LogP contribution in [0, 0.1) is 0 Å². The molecule has 1 amide bonds. The van der Waals surface area contributed by atoms with Crippen LogP contribution in [0.25, 0.3) is 0 Å². The first-order valence-electron chi connectivity index (χ1n) is 7.68. The molecule has 1 atom stereocenters. The lowest BCUT2D eigenvalue weighted by Gasteiger charge is -2.16. The van der Waals surface area contributed by atoms with Crippen LogP contribution in [0.5, 0.6) is 5.75 Å². The molecule has 5 nitrogen and oxygen atoms in total. The van der Waals surface area contributed by atoms with Crippen LogP contribution in [0.15, 0.2) is 18.2 Å². The van der Waals surface area contributed by atoms with Crippen molar-refractivity contribution in [2.75, 3.05) is 13.7 Å². The Bertz CT molecular complexity index is 513. The highest BCUT2D eigenvalue weighted by molar-refractivity contribution is 5.98. The van der Waals surface area contributed by atoms with Gasteiger partial charge in [-0.1, -0.05) is 20.3 Å². The lowest BCUT2D eigenvalue weighted by molar-refractivity contribution is -0.121. The van der Waals surface area contributed by atoms with E-state index in [1.807, 2.05) is 6.92 Å². The maximum Gasteiger partial charge on any atom is 0.251 e. The maximum absolute atomic E-state index is 12.3. The molecule has 0 aliphatic rings. The molecule has 0 saturated carbocycles. The molecule has 0 fully saturated rings. The maximum atomic E-state index is 12.3. The zero-order chi connectivity index (χ0) is 16.5. The molecule has 0 bridgehead atoms. The van der Waals surface area contributed by atoms with Crippen molar-refractivity contribution in [1.82, 2.24) is 5.32 Å². The third-order valence-corrected chi connectivity index (χ3v) is 3.43. The monoisotopic (exact) mass is 307 g/mol. The summed E-state index contributed by atoms with van der Waals surface area (Å²) in [6, 6.07) is 4.34. The van der Waals surface area contributed by atoms with Crippen LogP contribution in [0.1, 0.15) is 49.0 Å². The van der Waals surface area contributed by atoms with Gasteiger partial charge in [-0.05, 0) is 36.6 Å². The predicted molar refractivity (Wildman–Crippen MR) is 85.2 cm³/mol. The van der Waals surface area contributed by atoms with E-state index in [-0.39, 0.29) is 18.3 Å². The number of ketones is 1. The molecular formula is C17H25NO4. The summed E-state index contributed by atoms with van der Waals surface area (Å²) in [5, 5.41) is 11.9. The summed E-state index contributed by atoms with van der Waals surface area (Å²) in [5.74, 6) is 0.239. The van der Waals surface area contributed by atoms with Crippen molar-refractivity contribution in [2.24, 2.45) is 0 Å². The van der Waals surface area contributed by atoms with Gasteiger partial charge in [-0.3, -0.25) is 9.59 Å². The Morgan fingerprint density at radius 3 is 2.55 bits per heavy atom. The van der Waals surface area contributed by atoms with Crippen LogP contribution in [0.3, 0.4) is 0 Å². The smallest absolute Gasteiger partial charge is 0.251 e. The van der Waals surface area contributed by atoms with Gasteiger partial charge in [-0.15, -0.1) is 0 Å². The summed E-state index contributed by atoms with van der Waals surface area (Å²) in [6.07, 6.45) is 2.78. The lowest BCUT2D eigenvalue weighted by atomic mass is 10.0. The van der Waals surface area contributed by atoms with Crippen molar-refractivity contribution >= 4 is 11.7 Å². The van der Waals surface area contributed by atoms with Gasteiger partial charge < -0.3 is 15.2 Å². The molecule has 0 aliphatic carbocycles. The van der Waals surface area contributed by atoms with Crippen LogP contribution in [-0.4, -0.2) is 36.6 Å². The summed E-state index contributed by atoms with van der Waals surface area (Å²) in [6.45, 7) is 3.55. The molecule has 22 heavy (non-hydrogen) atoms. The summed E-state index contributed by atoms with van der Waals surface area (Å²) in [5.41, 5.74) is 1.42. The molecule has 0 saturated heterocycles. The first-order chi connectivity index (χ1) is 10.6. The average molecular weight is 307 g/mol. The van der Waals surface area contributed by atoms with E-state index in [4.69, 9.17) is 4.74 Å². The number of aliphatic hydroxyl groups excluding tert-OH is 1. The molecule has 1 aromatic rings. The van der Waals surface area contributed by atoms with E-state index in [9.17, 15) is 14.7 Å². The number of amides is 1. The summed E-state index contributed by atoms with van der Waals surface area (Å²) in [4.78, 5) is 24.1. The Labute approximate surface area is 131 Å². The van der Waals surface area contributed by atoms with Crippen LogP contribution in [0.4, 0.5) is 0 Å². The van der Waals surface area contributed by atoms with Crippen LogP contribution in [0.2, 0.25) is 0 Å². The van der Waals surface area contributed by atoms with Gasteiger partial charge >= 0.3 is 0 Å². The van der Waals surface area contributed by atoms with E-state index in [0.717, 1.165) is 24.2 Å².